The average Bonchev–Trinajstić information content (AvgIpc) is 3.45. The SMILES string of the molecule is CCc1oc2ccccc2c1CN(C)CN1C(=O)N[C@](C)(c2ccc3c(c2)OCO3)C1=O. The number of furan rings is 1. The molecule has 1 atom stereocenters. The van der Waals surface area contributed by atoms with E-state index in [0.29, 0.717) is 23.6 Å². The Morgan fingerprint density at radius 1 is 1.12 bits per heavy atom. The Kier molecular flexibility index (Phi) is 4.82. The molecule has 8 heteroatoms. The molecule has 0 bridgehead atoms. The number of para-hydroxylation sites is 1. The minimum Gasteiger partial charge on any atom is -0.461 e. The number of nitrogens with zero attached hydrogens (tertiary/aromatic N) is 2. The summed E-state index contributed by atoms with van der Waals surface area (Å²) in [5.74, 6) is 1.81. The minimum atomic E-state index is -1.17. The van der Waals surface area contributed by atoms with Crippen LogP contribution in [0.5, 0.6) is 11.5 Å². The number of carbonyl (C=O) groups excluding carboxylic acids is 2. The molecule has 0 spiro atoms. The summed E-state index contributed by atoms with van der Waals surface area (Å²) >= 11 is 0. The third kappa shape index (κ3) is 3.18. The third-order valence-corrected chi connectivity index (χ3v) is 6.14. The smallest absolute Gasteiger partial charge is 0.326 e. The van der Waals surface area contributed by atoms with E-state index < -0.39 is 11.6 Å². The van der Waals surface area contributed by atoms with Gasteiger partial charge in [0.05, 0.1) is 6.67 Å². The summed E-state index contributed by atoms with van der Waals surface area (Å²) in [6.07, 6.45) is 0.767. The van der Waals surface area contributed by atoms with E-state index in [0.717, 1.165) is 28.7 Å². The number of hydrogen-bond acceptors (Lipinski definition) is 6. The lowest BCUT2D eigenvalue weighted by Crippen LogP contribution is -2.42. The Labute approximate surface area is 185 Å². The molecule has 2 aromatic carbocycles. The number of carbonyl (C=O) groups is 2. The van der Waals surface area contributed by atoms with Crippen molar-refractivity contribution >= 4 is 22.9 Å². The predicted molar refractivity (Wildman–Crippen MR) is 117 cm³/mol. The lowest BCUT2D eigenvalue weighted by atomic mass is 9.92. The normalized spacial score (nSPS) is 19.9. The number of urea groups is 1. The maximum atomic E-state index is 13.3. The Balaban J connectivity index is 1.36. The van der Waals surface area contributed by atoms with Gasteiger partial charge in [-0.05, 0) is 37.7 Å². The van der Waals surface area contributed by atoms with Crippen molar-refractivity contribution < 1.29 is 23.5 Å². The molecular formula is C24H25N3O5. The molecule has 3 heterocycles. The highest BCUT2D eigenvalue weighted by Crippen LogP contribution is 2.38. The summed E-state index contributed by atoms with van der Waals surface area (Å²) in [5.41, 5.74) is 1.41. The molecule has 3 aromatic rings. The van der Waals surface area contributed by atoms with Crippen LogP contribution in [0.15, 0.2) is 46.9 Å². The van der Waals surface area contributed by atoms with Crippen LogP contribution in [0.1, 0.15) is 30.7 Å². The van der Waals surface area contributed by atoms with E-state index in [-0.39, 0.29) is 19.4 Å². The van der Waals surface area contributed by atoms with Crippen LogP contribution in [0.25, 0.3) is 11.0 Å². The number of rotatable bonds is 6. The van der Waals surface area contributed by atoms with Gasteiger partial charge in [0.25, 0.3) is 5.91 Å². The van der Waals surface area contributed by atoms with Crippen LogP contribution in [-0.2, 0) is 23.3 Å². The van der Waals surface area contributed by atoms with E-state index in [9.17, 15) is 9.59 Å². The highest BCUT2D eigenvalue weighted by Gasteiger charge is 2.49. The quantitative estimate of drug-likeness (QED) is 0.596. The zero-order chi connectivity index (χ0) is 22.5. The first-order chi connectivity index (χ1) is 15.4. The Bertz CT molecular complexity index is 1220. The number of imide groups is 1. The van der Waals surface area contributed by atoms with Crippen LogP contribution in [0.4, 0.5) is 4.79 Å². The van der Waals surface area contributed by atoms with Crippen molar-refractivity contribution in [1.82, 2.24) is 15.1 Å². The van der Waals surface area contributed by atoms with Crippen LogP contribution in [-0.4, -0.2) is 42.2 Å². The van der Waals surface area contributed by atoms with E-state index in [4.69, 9.17) is 13.9 Å². The molecule has 1 aromatic heterocycles. The molecule has 1 fully saturated rings. The highest BCUT2D eigenvalue weighted by atomic mass is 16.7. The van der Waals surface area contributed by atoms with Crippen molar-refractivity contribution in [2.24, 2.45) is 0 Å². The summed E-state index contributed by atoms with van der Waals surface area (Å²) < 4.78 is 16.8. The molecule has 0 unspecified atom stereocenters. The van der Waals surface area contributed by atoms with Crippen LogP contribution in [0, 0.1) is 0 Å². The second-order valence-corrected chi connectivity index (χ2v) is 8.37. The summed E-state index contributed by atoms with van der Waals surface area (Å²) in [6, 6.07) is 12.8. The van der Waals surface area contributed by atoms with Gasteiger partial charge >= 0.3 is 6.03 Å². The van der Waals surface area contributed by atoms with E-state index >= 15 is 0 Å². The lowest BCUT2D eigenvalue weighted by Gasteiger charge is -2.25. The van der Waals surface area contributed by atoms with Gasteiger partial charge in [0.2, 0.25) is 6.79 Å². The van der Waals surface area contributed by atoms with Gasteiger partial charge < -0.3 is 19.2 Å². The number of aryl methyl sites for hydroxylation is 1. The molecule has 2 aliphatic rings. The third-order valence-electron chi connectivity index (χ3n) is 6.14. The number of ether oxygens (including phenoxy) is 2. The van der Waals surface area contributed by atoms with Gasteiger partial charge in [-0.15, -0.1) is 0 Å². The molecule has 2 aliphatic heterocycles. The fourth-order valence-electron chi connectivity index (χ4n) is 4.40. The fourth-order valence-corrected chi connectivity index (χ4v) is 4.40. The molecule has 0 aliphatic carbocycles. The number of hydrogen-bond donors (Lipinski definition) is 1. The predicted octanol–water partition coefficient (Wildman–Crippen LogP) is 3.58. The number of amides is 3. The maximum Gasteiger partial charge on any atom is 0.326 e. The molecule has 5 rings (SSSR count). The molecule has 1 N–H and O–H groups in total. The van der Waals surface area contributed by atoms with Gasteiger partial charge in [0.15, 0.2) is 11.5 Å². The second-order valence-electron chi connectivity index (χ2n) is 8.37. The molecule has 1 saturated heterocycles. The van der Waals surface area contributed by atoms with Gasteiger partial charge in [0, 0.05) is 23.9 Å². The van der Waals surface area contributed by atoms with E-state index in [1.165, 1.54) is 4.90 Å². The molecule has 8 nitrogen and oxygen atoms in total. The Hall–Kier alpha value is -3.52. The Morgan fingerprint density at radius 2 is 1.91 bits per heavy atom. The second kappa shape index (κ2) is 7.56. The molecule has 3 amide bonds. The van der Waals surface area contributed by atoms with Gasteiger partial charge in [-0.3, -0.25) is 9.69 Å². The summed E-state index contributed by atoms with van der Waals surface area (Å²) in [7, 11) is 1.89. The van der Waals surface area contributed by atoms with Gasteiger partial charge in [-0.2, -0.15) is 0 Å². The van der Waals surface area contributed by atoms with Crippen molar-refractivity contribution in [3.05, 3.63) is 59.4 Å². The van der Waals surface area contributed by atoms with Crippen molar-refractivity contribution in [3.8, 4) is 11.5 Å². The summed E-state index contributed by atoms with van der Waals surface area (Å²) in [5, 5.41) is 3.90. The van der Waals surface area contributed by atoms with Crippen molar-refractivity contribution in [3.63, 3.8) is 0 Å². The van der Waals surface area contributed by atoms with E-state index in [2.05, 4.69) is 12.2 Å². The van der Waals surface area contributed by atoms with Gasteiger partial charge in [-0.25, -0.2) is 9.69 Å². The average molecular weight is 435 g/mol. The van der Waals surface area contributed by atoms with Crippen molar-refractivity contribution in [2.75, 3.05) is 20.5 Å². The summed E-state index contributed by atoms with van der Waals surface area (Å²) in [6.45, 7) is 4.62. The number of nitrogens with one attached hydrogen (secondary N) is 1. The largest absolute Gasteiger partial charge is 0.461 e. The first-order valence-corrected chi connectivity index (χ1v) is 10.6. The monoisotopic (exact) mass is 435 g/mol. The van der Waals surface area contributed by atoms with Crippen LogP contribution in [0.2, 0.25) is 0 Å². The molecular weight excluding hydrogens is 410 g/mol. The molecule has 32 heavy (non-hydrogen) atoms. The Morgan fingerprint density at radius 3 is 2.72 bits per heavy atom. The first kappa shape index (κ1) is 20.4. The topological polar surface area (TPSA) is 84.2 Å². The van der Waals surface area contributed by atoms with Crippen molar-refractivity contribution in [1.29, 1.82) is 0 Å². The van der Waals surface area contributed by atoms with E-state index in [1.807, 2.05) is 36.2 Å². The minimum absolute atomic E-state index is 0.148. The summed E-state index contributed by atoms with van der Waals surface area (Å²) in [4.78, 5) is 29.3. The molecule has 0 saturated carbocycles. The zero-order valence-electron chi connectivity index (χ0n) is 18.3. The number of fused-ring (bicyclic) bond motifs is 2. The molecule has 166 valence electrons. The fraction of sp³-hybridized carbons (Fsp3) is 0.333. The zero-order valence-corrected chi connectivity index (χ0v) is 18.3. The molecule has 0 radical (unpaired) electrons. The van der Waals surface area contributed by atoms with E-state index in [1.54, 1.807) is 25.1 Å². The van der Waals surface area contributed by atoms with Gasteiger partial charge in [0.1, 0.15) is 16.9 Å². The van der Waals surface area contributed by atoms with Crippen LogP contribution in [0.3, 0.4) is 0 Å². The van der Waals surface area contributed by atoms with Crippen LogP contribution >= 0.6 is 0 Å². The van der Waals surface area contributed by atoms with Crippen molar-refractivity contribution in [2.45, 2.75) is 32.4 Å². The highest BCUT2D eigenvalue weighted by molar-refractivity contribution is 6.07. The first-order valence-electron chi connectivity index (χ1n) is 10.6. The van der Waals surface area contributed by atoms with Crippen LogP contribution < -0.4 is 14.8 Å². The standard InChI is InChI=1S/C24H25N3O5/c1-4-18-17(16-7-5-6-8-19(16)32-18)12-26(3)13-27-22(28)24(2,25-23(27)29)15-9-10-20-21(11-15)31-14-30-20/h5-11H,4,12-14H2,1-3H3,(H,25,29)/t24-/m1/s1. The number of benzene rings is 2. The maximum absolute atomic E-state index is 13.3. The lowest BCUT2D eigenvalue weighted by molar-refractivity contribution is -0.132. The van der Waals surface area contributed by atoms with Gasteiger partial charge in [-0.1, -0.05) is 31.2 Å².